The first-order valence-corrected chi connectivity index (χ1v) is 9.97. The molecule has 2 aromatic rings. The van der Waals surface area contributed by atoms with Crippen LogP contribution in [-0.4, -0.2) is 5.11 Å². The molecule has 2 rings (SSSR count). The number of fused-ring (bicyclic) bond motifs is 1. The van der Waals surface area contributed by atoms with Crippen molar-refractivity contribution in [3.05, 3.63) is 40.2 Å². The number of phenolic OH excluding ortho intramolecular Hbond substituents is 1. The summed E-state index contributed by atoms with van der Waals surface area (Å²) in [5.74, 6) is 0.714. The summed E-state index contributed by atoms with van der Waals surface area (Å²) < 4.78 is 5.76. The van der Waals surface area contributed by atoms with Gasteiger partial charge in [-0.3, -0.25) is 4.79 Å². The average molecular weight is 344 g/mol. The molecule has 1 aromatic carbocycles. The fourth-order valence-corrected chi connectivity index (χ4v) is 3.33. The molecule has 0 unspecified atom stereocenters. The smallest absolute Gasteiger partial charge is 0.196 e. The van der Waals surface area contributed by atoms with Crippen LogP contribution in [0.1, 0.15) is 83.3 Å². The molecule has 0 aliphatic heterocycles. The van der Waals surface area contributed by atoms with Crippen LogP contribution in [0.15, 0.2) is 33.5 Å². The summed E-state index contributed by atoms with van der Waals surface area (Å²) in [5, 5.41) is 10.0. The van der Waals surface area contributed by atoms with Gasteiger partial charge in [-0.25, -0.2) is 0 Å². The molecule has 25 heavy (non-hydrogen) atoms. The third kappa shape index (κ3) is 6.56. The van der Waals surface area contributed by atoms with Crippen molar-refractivity contribution in [2.45, 2.75) is 84.0 Å². The van der Waals surface area contributed by atoms with Gasteiger partial charge in [-0.1, -0.05) is 77.2 Å². The SMILES string of the molecule is CCCCCCCCCCCCCc1cc(=O)c2c(O)cccc2o1. The quantitative estimate of drug-likeness (QED) is 0.456. The van der Waals surface area contributed by atoms with Gasteiger partial charge in [-0.05, 0) is 18.6 Å². The van der Waals surface area contributed by atoms with Crippen LogP contribution in [0.5, 0.6) is 5.75 Å². The lowest BCUT2D eigenvalue weighted by Gasteiger charge is -2.05. The minimum absolute atomic E-state index is 0.00695. The Morgan fingerprint density at radius 3 is 2.12 bits per heavy atom. The summed E-state index contributed by atoms with van der Waals surface area (Å²) in [6, 6.07) is 6.48. The Morgan fingerprint density at radius 2 is 1.48 bits per heavy atom. The lowest BCUT2D eigenvalue weighted by Crippen LogP contribution is -2.02. The first-order chi connectivity index (χ1) is 12.2. The molecule has 0 aliphatic rings. The van der Waals surface area contributed by atoms with Crippen molar-refractivity contribution in [1.29, 1.82) is 0 Å². The van der Waals surface area contributed by atoms with E-state index < -0.39 is 0 Å². The van der Waals surface area contributed by atoms with Crippen LogP contribution < -0.4 is 5.43 Å². The van der Waals surface area contributed by atoms with Gasteiger partial charge in [-0.15, -0.1) is 0 Å². The monoisotopic (exact) mass is 344 g/mol. The molecule has 0 radical (unpaired) electrons. The van der Waals surface area contributed by atoms with Crippen LogP contribution in [0.2, 0.25) is 0 Å². The average Bonchev–Trinajstić information content (AvgIpc) is 2.59. The van der Waals surface area contributed by atoms with E-state index in [2.05, 4.69) is 6.92 Å². The van der Waals surface area contributed by atoms with Gasteiger partial charge in [0.1, 0.15) is 22.5 Å². The van der Waals surface area contributed by atoms with Crippen LogP contribution in [0.25, 0.3) is 11.0 Å². The second-order valence-corrected chi connectivity index (χ2v) is 7.01. The third-order valence-electron chi connectivity index (χ3n) is 4.81. The Balaban J connectivity index is 1.63. The van der Waals surface area contributed by atoms with Crippen molar-refractivity contribution >= 4 is 11.0 Å². The van der Waals surface area contributed by atoms with E-state index in [1.54, 1.807) is 12.1 Å². The van der Waals surface area contributed by atoms with E-state index in [0.717, 1.165) is 18.6 Å². The van der Waals surface area contributed by atoms with E-state index >= 15 is 0 Å². The van der Waals surface area contributed by atoms with Gasteiger partial charge in [0.2, 0.25) is 0 Å². The van der Waals surface area contributed by atoms with E-state index in [-0.39, 0.29) is 16.6 Å². The Labute approximate surface area is 151 Å². The molecule has 0 fully saturated rings. The second kappa shape index (κ2) is 11.0. The maximum Gasteiger partial charge on any atom is 0.196 e. The minimum atomic E-state index is -0.155. The summed E-state index contributed by atoms with van der Waals surface area (Å²) >= 11 is 0. The van der Waals surface area contributed by atoms with E-state index in [1.807, 2.05) is 0 Å². The highest BCUT2D eigenvalue weighted by Gasteiger charge is 2.08. The number of aromatic hydroxyl groups is 1. The molecule has 0 aliphatic carbocycles. The highest BCUT2D eigenvalue weighted by atomic mass is 16.3. The van der Waals surface area contributed by atoms with Crippen LogP contribution in [-0.2, 0) is 6.42 Å². The summed E-state index contributed by atoms with van der Waals surface area (Å²) in [6.07, 6.45) is 15.2. The van der Waals surface area contributed by atoms with Crippen LogP contribution in [0.3, 0.4) is 0 Å². The highest BCUT2D eigenvalue weighted by molar-refractivity contribution is 5.82. The first kappa shape index (κ1) is 19.6. The largest absolute Gasteiger partial charge is 0.507 e. The molecule has 0 saturated carbocycles. The van der Waals surface area contributed by atoms with Gasteiger partial charge < -0.3 is 9.52 Å². The molecule has 3 nitrogen and oxygen atoms in total. The van der Waals surface area contributed by atoms with Crippen LogP contribution in [0, 0.1) is 0 Å². The standard InChI is InChI=1S/C22H32O3/c1-2-3-4-5-6-7-8-9-10-11-12-14-18-17-20(24)22-19(23)15-13-16-21(22)25-18/h13,15-17,23H,2-12,14H2,1H3. The van der Waals surface area contributed by atoms with Crippen LogP contribution >= 0.6 is 0 Å². The number of unbranched alkanes of at least 4 members (excludes halogenated alkanes) is 10. The number of rotatable bonds is 12. The molecule has 138 valence electrons. The van der Waals surface area contributed by atoms with Gasteiger partial charge in [0.15, 0.2) is 5.43 Å². The predicted octanol–water partition coefficient (Wildman–Crippen LogP) is 6.35. The summed E-state index contributed by atoms with van der Waals surface area (Å²) in [7, 11) is 0. The molecule has 0 saturated heterocycles. The zero-order valence-electron chi connectivity index (χ0n) is 15.6. The molecule has 0 bridgehead atoms. The zero-order valence-corrected chi connectivity index (χ0v) is 15.6. The number of hydrogen-bond donors (Lipinski definition) is 1. The molecular formula is C22H32O3. The number of hydrogen-bond acceptors (Lipinski definition) is 3. The normalized spacial score (nSPS) is 11.2. The van der Waals surface area contributed by atoms with Gasteiger partial charge in [0.05, 0.1) is 0 Å². The molecular weight excluding hydrogens is 312 g/mol. The number of aryl methyl sites for hydroxylation is 1. The summed E-state index contributed by atoms with van der Waals surface area (Å²) in [6.45, 7) is 2.26. The highest BCUT2D eigenvalue weighted by Crippen LogP contribution is 2.22. The van der Waals surface area contributed by atoms with Crippen molar-refractivity contribution < 1.29 is 9.52 Å². The minimum Gasteiger partial charge on any atom is -0.507 e. The van der Waals surface area contributed by atoms with Crippen molar-refractivity contribution in [2.24, 2.45) is 0 Å². The van der Waals surface area contributed by atoms with E-state index in [4.69, 9.17) is 4.42 Å². The topological polar surface area (TPSA) is 50.4 Å². The lowest BCUT2D eigenvalue weighted by molar-refractivity contribution is 0.476. The van der Waals surface area contributed by atoms with Gasteiger partial charge in [0.25, 0.3) is 0 Å². The Kier molecular flexibility index (Phi) is 8.58. The Morgan fingerprint density at radius 1 is 0.880 bits per heavy atom. The third-order valence-corrected chi connectivity index (χ3v) is 4.81. The zero-order chi connectivity index (χ0) is 17.9. The van der Waals surface area contributed by atoms with Crippen LogP contribution in [0.4, 0.5) is 0 Å². The predicted molar refractivity (Wildman–Crippen MR) is 104 cm³/mol. The summed E-state index contributed by atoms with van der Waals surface area (Å²) in [5.41, 5.74) is 0.322. The maximum absolute atomic E-state index is 12.1. The lowest BCUT2D eigenvalue weighted by atomic mass is 10.0. The van der Waals surface area contributed by atoms with Crippen molar-refractivity contribution in [3.8, 4) is 5.75 Å². The van der Waals surface area contributed by atoms with Crippen molar-refractivity contribution in [1.82, 2.24) is 0 Å². The number of benzene rings is 1. The molecule has 1 N–H and O–H groups in total. The van der Waals surface area contributed by atoms with E-state index in [1.165, 1.54) is 76.3 Å². The molecule has 1 aromatic heterocycles. The van der Waals surface area contributed by atoms with Crippen molar-refractivity contribution in [2.75, 3.05) is 0 Å². The van der Waals surface area contributed by atoms with Gasteiger partial charge in [-0.2, -0.15) is 0 Å². The van der Waals surface area contributed by atoms with E-state index in [0.29, 0.717) is 5.58 Å². The summed E-state index contributed by atoms with van der Waals surface area (Å²) in [4.78, 5) is 12.1. The maximum atomic E-state index is 12.1. The molecule has 0 amide bonds. The van der Waals surface area contributed by atoms with Crippen molar-refractivity contribution in [3.63, 3.8) is 0 Å². The second-order valence-electron chi connectivity index (χ2n) is 7.01. The Bertz CT molecular complexity index is 687. The fraction of sp³-hybridized carbons (Fsp3) is 0.591. The number of phenols is 1. The first-order valence-electron chi connectivity index (χ1n) is 9.97. The van der Waals surface area contributed by atoms with Gasteiger partial charge >= 0.3 is 0 Å². The van der Waals surface area contributed by atoms with E-state index in [9.17, 15) is 9.90 Å². The Hall–Kier alpha value is -1.77. The molecule has 3 heteroatoms. The molecule has 0 spiro atoms. The molecule has 0 atom stereocenters. The molecule has 1 heterocycles. The fourth-order valence-electron chi connectivity index (χ4n) is 3.33. The van der Waals surface area contributed by atoms with Gasteiger partial charge in [0, 0.05) is 12.5 Å².